The van der Waals surface area contributed by atoms with Crippen LogP contribution in [0.15, 0.2) is 54.7 Å². The highest BCUT2D eigenvalue weighted by Gasteiger charge is 2.17. The van der Waals surface area contributed by atoms with Gasteiger partial charge in [0.15, 0.2) is 0 Å². The second kappa shape index (κ2) is 8.37. The van der Waals surface area contributed by atoms with Gasteiger partial charge in [-0.05, 0) is 23.8 Å². The van der Waals surface area contributed by atoms with E-state index in [9.17, 15) is 13.6 Å². The SMILES string of the molecule is O=C(Nc1ccnn1Cc1cccc(Cl)c1Cl)c1ccccc1OC(F)F. The van der Waals surface area contributed by atoms with E-state index >= 15 is 0 Å². The number of anilines is 1. The molecule has 140 valence electrons. The van der Waals surface area contributed by atoms with Crippen LogP contribution in [0.1, 0.15) is 15.9 Å². The Hall–Kier alpha value is -2.64. The molecule has 27 heavy (non-hydrogen) atoms. The average molecular weight is 412 g/mol. The summed E-state index contributed by atoms with van der Waals surface area (Å²) in [6, 6.07) is 12.5. The van der Waals surface area contributed by atoms with Crippen molar-refractivity contribution < 1.29 is 18.3 Å². The number of hydrogen-bond acceptors (Lipinski definition) is 3. The normalized spacial score (nSPS) is 10.9. The van der Waals surface area contributed by atoms with Gasteiger partial charge in [0.25, 0.3) is 5.91 Å². The van der Waals surface area contributed by atoms with Gasteiger partial charge in [-0.3, -0.25) is 4.79 Å². The number of alkyl halides is 2. The average Bonchev–Trinajstić information content (AvgIpc) is 3.05. The van der Waals surface area contributed by atoms with Crippen molar-refractivity contribution in [2.45, 2.75) is 13.2 Å². The number of carbonyl (C=O) groups excluding carboxylic acids is 1. The zero-order valence-electron chi connectivity index (χ0n) is 13.7. The Bertz CT molecular complexity index is 963. The number of ether oxygens (including phenoxy) is 1. The second-order valence-corrected chi connectivity index (χ2v) is 6.20. The number of carbonyl (C=O) groups is 1. The standard InChI is InChI=1S/C18H13Cl2F2N3O2/c19-13-6-3-4-11(16(13)20)10-25-15(8-9-23-25)24-17(26)12-5-1-2-7-14(12)27-18(21)22/h1-9,18H,10H2,(H,24,26). The summed E-state index contributed by atoms with van der Waals surface area (Å²) < 4.78 is 31.0. The van der Waals surface area contributed by atoms with Gasteiger partial charge >= 0.3 is 6.61 Å². The van der Waals surface area contributed by atoms with E-state index in [0.717, 1.165) is 0 Å². The number of rotatable bonds is 6. The molecular formula is C18H13Cl2F2N3O2. The van der Waals surface area contributed by atoms with Gasteiger partial charge in [0.05, 0.1) is 28.4 Å². The van der Waals surface area contributed by atoms with Crippen molar-refractivity contribution in [3.8, 4) is 5.75 Å². The van der Waals surface area contributed by atoms with Crippen LogP contribution in [0.2, 0.25) is 10.0 Å². The van der Waals surface area contributed by atoms with Crippen LogP contribution in [0.25, 0.3) is 0 Å². The van der Waals surface area contributed by atoms with Gasteiger partial charge in [0, 0.05) is 6.07 Å². The minimum absolute atomic E-state index is 0.0219. The topological polar surface area (TPSA) is 56.2 Å². The molecule has 3 rings (SSSR count). The molecule has 0 unspecified atom stereocenters. The summed E-state index contributed by atoms with van der Waals surface area (Å²) in [6.45, 7) is -2.77. The molecule has 1 heterocycles. The summed E-state index contributed by atoms with van der Waals surface area (Å²) in [5.41, 5.74) is 0.691. The Labute approximate surface area is 163 Å². The first-order chi connectivity index (χ1) is 13.0. The van der Waals surface area contributed by atoms with Crippen LogP contribution in [0.5, 0.6) is 5.75 Å². The zero-order valence-corrected chi connectivity index (χ0v) is 15.2. The van der Waals surface area contributed by atoms with Gasteiger partial charge < -0.3 is 10.1 Å². The molecule has 3 aromatic rings. The predicted molar refractivity (Wildman–Crippen MR) is 98.8 cm³/mol. The molecule has 0 fully saturated rings. The van der Waals surface area contributed by atoms with Crippen LogP contribution in [0, 0.1) is 0 Å². The molecule has 1 amide bonds. The first kappa shape index (κ1) is 19.1. The Morgan fingerprint density at radius 2 is 1.93 bits per heavy atom. The lowest BCUT2D eigenvalue weighted by molar-refractivity contribution is -0.0501. The summed E-state index contributed by atoms with van der Waals surface area (Å²) in [7, 11) is 0. The lowest BCUT2D eigenvalue weighted by atomic mass is 10.2. The number of halogens is 4. The summed E-state index contributed by atoms with van der Waals surface area (Å²) >= 11 is 12.2. The maximum atomic E-state index is 12.5. The summed E-state index contributed by atoms with van der Waals surface area (Å²) in [5.74, 6) is -0.456. The third-order valence-corrected chi connectivity index (χ3v) is 4.52. The maximum Gasteiger partial charge on any atom is 0.387 e. The molecular weight excluding hydrogens is 399 g/mol. The van der Waals surface area contributed by atoms with Gasteiger partial charge in [-0.2, -0.15) is 13.9 Å². The van der Waals surface area contributed by atoms with E-state index in [1.165, 1.54) is 29.1 Å². The van der Waals surface area contributed by atoms with Crippen molar-refractivity contribution >= 4 is 34.9 Å². The number of hydrogen-bond donors (Lipinski definition) is 1. The van der Waals surface area contributed by atoms with Crippen LogP contribution in [0.4, 0.5) is 14.6 Å². The highest BCUT2D eigenvalue weighted by molar-refractivity contribution is 6.42. The number of amides is 1. The fourth-order valence-corrected chi connectivity index (χ4v) is 2.81. The van der Waals surface area contributed by atoms with Gasteiger partial charge in [-0.1, -0.05) is 47.5 Å². The lowest BCUT2D eigenvalue weighted by Gasteiger charge is -2.13. The maximum absolute atomic E-state index is 12.5. The Balaban J connectivity index is 1.81. The fraction of sp³-hybridized carbons (Fsp3) is 0.111. The molecule has 2 aromatic carbocycles. The highest BCUT2D eigenvalue weighted by Crippen LogP contribution is 2.27. The molecule has 0 bridgehead atoms. The van der Waals surface area contributed by atoms with E-state index in [4.69, 9.17) is 23.2 Å². The van der Waals surface area contributed by atoms with Crippen LogP contribution in [-0.4, -0.2) is 22.3 Å². The van der Waals surface area contributed by atoms with Crippen LogP contribution < -0.4 is 10.1 Å². The molecule has 0 radical (unpaired) electrons. The zero-order chi connectivity index (χ0) is 19.4. The van der Waals surface area contributed by atoms with Gasteiger partial charge in [-0.15, -0.1) is 0 Å². The predicted octanol–water partition coefficient (Wildman–Crippen LogP) is 5.09. The van der Waals surface area contributed by atoms with E-state index in [-0.39, 0.29) is 17.9 Å². The fourth-order valence-electron chi connectivity index (χ4n) is 2.43. The van der Waals surface area contributed by atoms with Crippen LogP contribution in [-0.2, 0) is 6.54 Å². The molecule has 0 spiro atoms. The van der Waals surface area contributed by atoms with Crippen molar-refractivity contribution in [1.29, 1.82) is 0 Å². The molecule has 5 nitrogen and oxygen atoms in total. The molecule has 0 saturated carbocycles. The molecule has 9 heteroatoms. The minimum Gasteiger partial charge on any atom is -0.434 e. The smallest absolute Gasteiger partial charge is 0.387 e. The molecule has 0 atom stereocenters. The first-order valence-electron chi connectivity index (χ1n) is 7.75. The minimum atomic E-state index is -3.03. The summed E-state index contributed by atoms with van der Waals surface area (Å²) in [6.07, 6.45) is 1.50. The third kappa shape index (κ3) is 4.56. The molecule has 0 aliphatic heterocycles. The first-order valence-corrected chi connectivity index (χ1v) is 8.51. The lowest BCUT2D eigenvalue weighted by Crippen LogP contribution is -2.18. The second-order valence-electron chi connectivity index (χ2n) is 5.42. The van der Waals surface area contributed by atoms with Crippen molar-refractivity contribution in [2.24, 2.45) is 0 Å². The van der Waals surface area contributed by atoms with Crippen LogP contribution in [0.3, 0.4) is 0 Å². The van der Waals surface area contributed by atoms with Gasteiger partial charge in [-0.25, -0.2) is 4.68 Å². The van der Waals surface area contributed by atoms with Gasteiger partial charge in [0.2, 0.25) is 0 Å². The monoisotopic (exact) mass is 411 g/mol. The van der Waals surface area contributed by atoms with Gasteiger partial charge in [0.1, 0.15) is 11.6 Å². The number of benzene rings is 2. The molecule has 1 N–H and O–H groups in total. The molecule has 1 aromatic heterocycles. The van der Waals surface area contributed by atoms with E-state index in [1.807, 2.05) is 0 Å². The van der Waals surface area contributed by atoms with Crippen molar-refractivity contribution in [1.82, 2.24) is 9.78 Å². The number of nitrogens with one attached hydrogen (secondary N) is 1. The Kier molecular flexibility index (Phi) is 5.93. The van der Waals surface area contributed by atoms with Crippen LogP contribution >= 0.6 is 23.2 Å². The summed E-state index contributed by atoms with van der Waals surface area (Å²) in [4.78, 5) is 12.5. The van der Waals surface area contributed by atoms with Crippen molar-refractivity contribution in [3.63, 3.8) is 0 Å². The molecule has 0 aliphatic rings. The molecule has 0 saturated heterocycles. The molecule has 0 aliphatic carbocycles. The highest BCUT2D eigenvalue weighted by atomic mass is 35.5. The largest absolute Gasteiger partial charge is 0.434 e. The van der Waals surface area contributed by atoms with E-state index < -0.39 is 12.5 Å². The number of nitrogens with zero attached hydrogens (tertiary/aromatic N) is 2. The Morgan fingerprint density at radius 3 is 2.70 bits per heavy atom. The Morgan fingerprint density at radius 1 is 1.15 bits per heavy atom. The third-order valence-electron chi connectivity index (χ3n) is 3.66. The quantitative estimate of drug-likeness (QED) is 0.614. The van der Waals surface area contributed by atoms with E-state index in [1.54, 1.807) is 30.3 Å². The summed E-state index contributed by atoms with van der Waals surface area (Å²) in [5, 5.41) is 7.58. The van der Waals surface area contributed by atoms with Crippen molar-refractivity contribution in [3.05, 3.63) is 75.9 Å². The van der Waals surface area contributed by atoms with E-state index in [2.05, 4.69) is 15.2 Å². The number of aromatic nitrogens is 2. The van der Waals surface area contributed by atoms with E-state index in [0.29, 0.717) is 21.4 Å². The number of para-hydroxylation sites is 1. The van der Waals surface area contributed by atoms with Crippen molar-refractivity contribution in [2.75, 3.05) is 5.32 Å².